The van der Waals surface area contributed by atoms with Crippen LogP contribution in [0.5, 0.6) is 0 Å². The summed E-state index contributed by atoms with van der Waals surface area (Å²) in [5, 5.41) is 12.0. The van der Waals surface area contributed by atoms with Crippen molar-refractivity contribution >= 4 is 6.03 Å². The zero-order valence-corrected chi connectivity index (χ0v) is 13.8. The third-order valence-electron chi connectivity index (χ3n) is 5.18. The molecule has 1 aliphatic heterocycles. The van der Waals surface area contributed by atoms with Crippen molar-refractivity contribution in [1.82, 2.24) is 10.2 Å². The molecule has 1 atom stereocenters. The van der Waals surface area contributed by atoms with E-state index in [0.717, 1.165) is 19.3 Å². The molecule has 1 N–H and O–H groups in total. The number of carbonyl (C=O) groups excluding carboxylic acids is 1. The van der Waals surface area contributed by atoms with Crippen molar-refractivity contribution in [1.29, 1.82) is 5.26 Å². The fourth-order valence-corrected chi connectivity index (χ4v) is 3.59. The molecular formula is C19H25N3O. The lowest BCUT2D eigenvalue weighted by atomic mass is 9.89. The molecule has 1 fully saturated rings. The zero-order chi connectivity index (χ0) is 16.2. The highest BCUT2D eigenvalue weighted by molar-refractivity contribution is 5.74. The fourth-order valence-electron chi connectivity index (χ4n) is 3.59. The molecule has 4 heteroatoms. The van der Waals surface area contributed by atoms with Crippen LogP contribution >= 0.6 is 0 Å². The Kier molecular flexibility index (Phi) is 4.85. The summed E-state index contributed by atoms with van der Waals surface area (Å²) >= 11 is 0. The number of benzene rings is 1. The van der Waals surface area contributed by atoms with Gasteiger partial charge in [-0.2, -0.15) is 5.26 Å². The van der Waals surface area contributed by atoms with Gasteiger partial charge in [-0.3, -0.25) is 0 Å². The molecule has 1 aromatic rings. The molecule has 122 valence electrons. The molecule has 0 radical (unpaired) electrons. The molecule has 1 unspecified atom stereocenters. The Morgan fingerprint density at radius 2 is 1.96 bits per heavy atom. The molecule has 1 heterocycles. The van der Waals surface area contributed by atoms with E-state index in [1.807, 2.05) is 11.8 Å². The normalized spacial score (nSPS) is 19.6. The summed E-state index contributed by atoms with van der Waals surface area (Å²) in [5.41, 5.74) is 4.10. The van der Waals surface area contributed by atoms with Crippen LogP contribution in [0, 0.1) is 17.2 Å². The number of hydrogen-bond donors (Lipinski definition) is 1. The summed E-state index contributed by atoms with van der Waals surface area (Å²) in [4.78, 5) is 14.2. The predicted octanol–water partition coefficient (Wildman–Crippen LogP) is 3.57. The second kappa shape index (κ2) is 7.04. The minimum absolute atomic E-state index is 0.00777. The van der Waals surface area contributed by atoms with Crippen molar-refractivity contribution in [2.24, 2.45) is 5.92 Å². The molecule has 2 amide bonds. The Bertz CT molecular complexity index is 612. The average Bonchev–Trinajstić information content (AvgIpc) is 2.61. The van der Waals surface area contributed by atoms with Gasteiger partial charge in [-0.1, -0.05) is 18.2 Å². The molecule has 2 aliphatic rings. The summed E-state index contributed by atoms with van der Waals surface area (Å²) in [6.45, 7) is 3.41. The number of amides is 2. The van der Waals surface area contributed by atoms with Gasteiger partial charge in [0, 0.05) is 19.0 Å². The number of piperidine rings is 1. The lowest BCUT2D eigenvalue weighted by molar-refractivity contribution is 0.176. The Hall–Kier alpha value is -2.02. The first kappa shape index (κ1) is 15.9. The van der Waals surface area contributed by atoms with E-state index in [-0.39, 0.29) is 18.0 Å². The van der Waals surface area contributed by atoms with Gasteiger partial charge in [0.05, 0.1) is 12.1 Å². The molecular weight excluding hydrogens is 286 g/mol. The van der Waals surface area contributed by atoms with E-state index in [9.17, 15) is 4.79 Å². The SMILES string of the molecule is CC(NC(=O)N1CCC(C#N)CC1)c1ccc2c(c1)CCCC2. The van der Waals surface area contributed by atoms with Crippen molar-refractivity contribution in [2.45, 2.75) is 51.5 Å². The first-order valence-electron chi connectivity index (χ1n) is 8.74. The highest BCUT2D eigenvalue weighted by atomic mass is 16.2. The largest absolute Gasteiger partial charge is 0.331 e. The molecule has 23 heavy (non-hydrogen) atoms. The number of nitrogens with one attached hydrogen (secondary N) is 1. The number of rotatable bonds is 2. The monoisotopic (exact) mass is 311 g/mol. The average molecular weight is 311 g/mol. The Morgan fingerprint density at radius 3 is 2.65 bits per heavy atom. The molecule has 1 aliphatic carbocycles. The van der Waals surface area contributed by atoms with Crippen LogP contribution < -0.4 is 5.32 Å². The number of fused-ring (bicyclic) bond motifs is 1. The number of nitriles is 1. The van der Waals surface area contributed by atoms with Crippen molar-refractivity contribution in [3.8, 4) is 6.07 Å². The maximum Gasteiger partial charge on any atom is 0.317 e. The van der Waals surface area contributed by atoms with Crippen molar-refractivity contribution in [3.05, 3.63) is 34.9 Å². The number of hydrogen-bond acceptors (Lipinski definition) is 2. The summed E-state index contributed by atoms with van der Waals surface area (Å²) in [5.74, 6) is 0.108. The van der Waals surface area contributed by atoms with Gasteiger partial charge >= 0.3 is 6.03 Å². The van der Waals surface area contributed by atoms with Crippen LogP contribution in [0.2, 0.25) is 0 Å². The Labute approximate surface area is 138 Å². The van der Waals surface area contributed by atoms with E-state index in [4.69, 9.17) is 5.26 Å². The Balaban J connectivity index is 1.59. The molecule has 1 saturated heterocycles. The van der Waals surface area contributed by atoms with Crippen LogP contribution in [0.15, 0.2) is 18.2 Å². The van der Waals surface area contributed by atoms with Crippen LogP contribution in [-0.2, 0) is 12.8 Å². The Morgan fingerprint density at radius 1 is 1.26 bits per heavy atom. The maximum absolute atomic E-state index is 12.4. The van der Waals surface area contributed by atoms with Crippen LogP contribution in [0.25, 0.3) is 0 Å². The van der Waals surface area contributed by atoms with Crippen LogP contribution in [0.1, 0.15) is 55.3 Å². The third-order valence-corrected chi connectivity index (χ3v) is 5.18. The smallest absolute Gasteiger partial charge is 0.317 e. The lowest BCUT2D eigenvalue weighted by Gasteiger charge is -2.30. The summed E-state index contributed by atoms with van der Waals surface area (Å²) in [6.07, 6.45) is 6.48. The number of aryl methyl sites for hydroxylation is 2. The summed E-state index contributed by atoms with van der Waals surface area (Å²) in [7, 11) is 0. The van der Waals surface area contributed by atoms with E-state index in [0.29, 0.717) is 13.1 Å². The third kappa shape index (κ3) is 3.67. The lowest BCUT2D eigenvalue weighted by Crippen LogP contribution is -2.45. The second-order valence-corrected chi connectivity index (χ2v) is 6.80. The van der Waals surface area contributed by atoms with Gasteiger partial charge in [0.2, 0.25) is 0 Å². The molecule has 4 nitrogen and oxygen atoms in total. The first-order valence-corrected chi connectivity index (χ1v) is 8.74. The molecule has 0 spiro atoms. The number of likely N-dealkylation sites (tertiary alicyclic amines) is 1. The topological polar surface area (TPSA) is 56.1 Å². The standard InChI is InChI=1S/C19H25N3O/c1-14(17-7-6-16-4-2-3-5-18(16)12-17)21-19(23)22-10-8-15(13-20)9-11-22/h6-7,12,14-15H,2-5,8-11H2,1H3,(H,21,23). The van der Waals surface area contributed by atoms with Gasteiger partial charge in [-0.15, -0.1) is 0 Å². The zero-order valence-electron chi connectivity index (χ0n) is 13.8. The van der Waals surface area contributed by atoms with Gasteiger partial charge in [-0.25, -0.2) is 4.79 Å². The van der Waals surface area contributed by atoms with Gasteiger partial charge in [0.15, 0.2) is 0 Å². The molecule has 1 aromatic carbocycles. The summed E-state index contributed by atoms with van der Waals surface area (Å²) in [6, 6.07) is 8.95. The molecule has 0 bridgehead atoms. The number of carbonyl (C=O) groups is 1. The van der Waals surface area contributed by atoms with Gasteiger partial charge in [0.1, 0.15) is 0 Å². The highest BCUT2D eigenvalue weighted by Crippen LogP contribution is 2.25. The van der Waals surface area contributed by atoms with E-state index in [1.165, 1.54) is 36.0 Å². The molecule has 0 saturated carbocycles. The van der Waals surface area contributed by atoms with Gasteiger partial charge < -0.3 is 10.2 Å². The summed E-state index contributed by atoms with van der Waals surface area (Å²) < 4.78 is 0. The fraction of sp³-hybridized carbons (Fsp3) is 0.579. The van der Waals surface area contributed by atoms with Crippen LogP contribution in [-0.4, -0.2) is 24.0 Å². The van der Waals surface area contributed by atoms with E-state index < -0.39 is 0 Å². The molecule has 3 rings (SSSR count). The molecule has 0 aromatic heterocycles. The van der Waals surface area contributed by atoms with Crippen molar-refractivity contribution in [2.75, 3.05) is 13.1 Å². The minimum Gasteiger partial charge on any atom is -0.331 e. The van der Waals surface area contributed by atoms with Gasteiger partial charge in [0.25, 0.3) is 0 Å². The predicted molar refractivity (Wildman–Crippen MR) is 89.9 cm³/mol. The van der Waals surface area contributed by atoms with Gasteiger partial charge in [-0.05, 0) is 62.1 Å². The maximum atomic E-state index is 12.4. The van der Waals surface area contributed by atoms with Crippen LogP contribution in [0.4, 0.5) is 4.79 Å². The minimum atomic E-state index is -0.00777. The van der Waals surface area contributed by atoms with Crippen molar-refractivity contribution in [3.63, 3.8) is 0 Å². The number of urea groups is 1. The quantitative estimate of drug-likeness (QED) is 0.907. The first-order chi connectivity index (χ1) is 11.2. The van der Waals surface area contributed by atoms with E-state index >= 15 is 0 Å². The number of nitrogens with zero attached hydrogens (tertiary/aromatic N) is 2. The van der Waals surface area contributed by atoms with E-state index in [2.05, 4.69) is 29.6 Å². The van der Waals surface area contributed by atoms with Crippen LogP contribution in [0.3, 0.4) is 0 Å². The van der Waals surface area contributed by atoms with E-state index in [1.54, 1.807) is 0 Å². The second-order valence-electron chi connectivity index (χ2n) is 6.80. The van der Waals surface area contributed by atoms with Crippen molar-refractivity contribution < 1.29 is 4.79 Å². The highest BCUT2D eigenvalue weighted by Gasteiger charge is 2.23.